The van der Waals surface area contributed by atoms with Crippen LogP contribution < -0.4 is 10.1 Å². The van der Waals surface area contributed by atoms with E-state index in [1.807, 2.05) is 24.3 Å². The highest BCUT2D eigenvalue weighted by atomic mass is 16.5. The molecule has 4 nitrogen and oxygen atoms in total. The van der Waals surface area contributed by atoms with Crippen LogP contribution >= 0.6 is 0 Å². The minimum atomic E-state index is -0.632. The maximum Gasteiger partial charge on any atom is 0.265 e. The Morgan fingerprint density at radius 2 is 1.77 bits per heavy atom. The third kappa shape index (κ3) is 4.19. The van der Waals surface area contributed by atoms with Gasteiger partial charge in [0.05, 0.1) is 0 Å². The van der Waals surface area contributed by atoms with Crippen LogP contribution in [0.4, 0.5) is 5.69 Å². The zero-order valence-corrected chi connectivity index (χ0v) is 12.7. The molecule has 0 saturated heterocycles. The van der Waals surface area contributed by atoms with Crippen molar-refractivity contribution in [3.63, 3.8) is 0 Å². The molecule has 4 heteroatoms. The van der Waals surface area contributed by atoms with Crippen molar-refractivity contribution in [2.75, 3.05) is 5.32 Å². The SMILES string of the molecule is CCc1ccc(NC(=O)C(C)Oc2ccc(C=O)cc2)cc1. The highest BCUT2D eigenvalue weighted by Gasteiger charge is 2.14. The van der Waals surface area contributed by atoms with E-state index in [1.165, 1.54) is 5.56 Å². The summed E-state index contributed by atoms with van der Waals surface area (Å²) >= 11 is 0. The van der Waals surface area contributed by atoms with E-state index >= 15 is 0 Å². The summed E-state index contributed by atoms with van der Waals surface area (Å²) in [6.07, 6.45) is 1.10. The predicted octanol–water partition coefficient (Wildman–Crippen LogP) is 3.47. The molecule has 114 valence electrons. The lowest BCUT2D eigenvalue weighted by Crippen LogP contribution is -2.30. The van der Waals surface area contributed by atoms with Gasteiger partial charge < -0.3 is 10.1 Å². The van der Waals surface area contributed by atoms with Crippen LogP contribution in [0, 0.1) is 0 Å². The van der Waals surface area contributed by atoms with E-state index in [4.69, 9.17) is 4.74 Å². The molecule has 0 aliphatic heterocycles. The number of carbonyl (C=O) groups is 2. The van der Waals surface area contributed by atoms with Gasteiger partial charge in [-0.05, 0) is 55.3 Å². The van der Waals surface area contributed by atoms with Crippen molar-refractivity contribution in [3.8, 4) is 5.75 Å². The number of carbonyl (C=O) groups excluding carboxylic acids is 2. The number of benzene rings is 2. The molecule has 0 aliphatic rings. The molecule has 1 atom stereocenters. The summed E-state index contributed by atoms with van der Waals surface area (Å²) < 4.78 is 5.56. The number of ether oxygens (including phenoxy) is 1. The molecule has 1 amide bonds. The van der Waals surface area contributed by atoms with E-state index < -0.39 is 6.10 Å². The summed E-state index contributed by atoms with van der Waals surface area (Å²) in [6.45, 7) is 3.77. The van der Waals surface area contributed by atoms with Gasteiger partial charge in [0, 0.05) is 11.3 Å². The zero-order valence-electron chi connectivity index (χ0n) is 12.7. The van der Waals surface area contributed by atoms with Crippen LogP contribution in [0.1, 0.15) is 29.8 Å². The third-order valence-corrected chi connectivity index (χ3v) is 3.33. The Morgan fingerprint density at radius 1 is 1.14 bits per heavy atom. The molecule has 0 aliphatic carbocycles. The Kier molecular flexibility index (Phi) is 5.31. The standard InChI is InChI=1S/C18H19NO3/c1-3-14-4-8-16(9-5-14)19-18(21)13(2)22-17-10-6-15(12-20)7-11-17/h4-13H,3H2,1-2H3,(H,19,21). The van der Waals surface area contributed by atoms with E-state index in [-0.39, 0.29) is 5.91 Å². The van der Waals surface area contributed by atoms with Crippen molar-refractivity contribution < 1.29 is 14.3 Å². The first-order valence-corrected chi connectivity index (χ1v) is 7.24. The number of hydrogen-bond acceptors (Lipinski definition) is 3. The van der Waals surface area contributed by atoms with E-state index in [2.05, 4.69) is 12.2 Å². The molecule has 1 N–H and O–H groups in total. The van der Waals surface area contributed by atoms with E-state index in [0.717, 1.165) is 18.4 Å². The molecule has 22 heavy (non-hydrogen) atoms. The molecule has 0 saturated carbocycles. The maximum absolute atomic E-state index is 12.1. The van der Waals surface area contributed by atoms with Crippen molar-refractivity contribution in [3.05, 3.63) is 59.7 Å². The van der Waals surface area contributed by atoms with Crippen molar-refractivity contribution in [1.82, 2.24) is 0 Å². The number of amides is 1. The van der Waals surface area contributed by atoms with Crippen LogP contribution in [0.3, 0.4) is 0 Å². The second-order valence-corrected chi connectivity index (χ2v) is 4.99. The van der Waals surface area contributed by atoms with Gasteiger partial charge in [0.25, 0.3) is 5.91 Å². The van der Waals surface area contributed by atoms with E-state index in [9.17, 15) is 9.59 Å². The molecule has 0 heterocycles. The van der Waals surface area contributed by atoms with Gasteiger partial charge in [-0.25, -0.2) is 0 Å². The van der Waals surface area contributed by atoms with Gasteiger partial charge in [0.2, 0.25) is 0 Å². The summed E-state index contributed by atoms with van der Waals surface area (Å²) in [6, 6.07) is 14.4. The molecule has 2 aromatic rings. The Bertz CT molecular complexity index is 632. The number of aryl methyl sites for hydroxylation is 1. The van der Waals surface area contributed by atoms with Gasteiger partial charge in [-0.1, -0.05) is 19.1 Å². The number of nitrogens with one attached hydrogen (secondary N) is 1. The van der Waals surface area contributed by atoms with Gasteiger partial charge in [0.15, 0.2) is 6.10 Å². The molecule has 1 unspecified atom stereocenters. The lowest BCUT2D eigenvalue weighted by molar-refractivity contribution is -0.122. The fraction of sp³-hybridized carbons (Fsp3) is 0.222. The highest BCUT2D eigenvalue weighted by molar-refractivity contribution is 5.94. The second kappa shape index (κ2) is 7.41. The minimum Gasteiger partial charge on any atom is -0.481 e. The number of hydrogen-bond donors (Lipinski definition) is 1. The van der Waals surface area contributed by atoms with Gasteiger partial charge in [0.1, 0.15) is 12.0 Å². The lowest BCUT2D eigenvalue weighted by Gasteiger charge is -2.15. The molecular weight excluding hydrogens is 278 g/mol. The number of rotatable bonds is 6. The average molecular weight is 297 g/mol. The minimum absolute atomic E-state index is 0.219. The van der Waals surface area contributed by atoms with Crippen LogP contribution in [0.25, 0.3) is 0 Å². The van der Waals surface area contributed by atoms with Crippen LogP contribution in [-0.2, 0) is 11.2 Å². The quantitative estimate of drug-likeness (QED) is 0.831. The summed E-state index contributed by atoms with van der Waals surface area (Å²) in [7, 11) is 0. The van der Waals surface area contributed by atoms with Crippen molar-refractivity contribution >= 4 is 17.9 Å². The molecule has 2 rings (SSSR count). The fourth-order valence-electron chi connectivity index (χ4n) is 1.95. The third-order valence-electron chi connectivity index (χ3n) is 3.33. The first-order valence-electron chi connectivity index (χ1n) is 7.24. The highest BCUT2D eigenvalue weighted by Crippen LogP contribution is 2.15. The van der Waals surface area contributed by atoms with Crippen molar-refractivity contribution in [2.24, 2.45) is 0 Å². The smallest absolute Gasteiger partial charge is 0.265 e. The molecule has 0 bridgehead atoms. The summed E-state index contributed by atoms with van der Waals surface area (Å²) in [5, 5.41) is 2.82. The Balaban J connectivity index is 1.94. The molecule has 0 radical (unpaired) electrons. The maximum atomic E-state index is 12.1. The first-order chi connectivity index (χ1) is 10.6. The van der Waals surface area contributed by atoms with Crippen LogP contribution in [0.2, 0.25) is 0 Å². The normalized spacial score (nSPS) is 11.5. The van der Waals surface area contributed by atoms with E-state index in [0.29, 0.717) is 11.3 Å². The average Bonchev–Trinajstić information content (AvgIpc) is 2.56. The van der Waals surface area contributed by atoms with Crippen LogP contribution in [-0.4, -0.2) is 18.3 Å². The topological polar surface area (TPSA) is 55.4 Å². The number of aldehydes is 1. The monoisotopic (exact) mass is 297 g/mol. The molecule has 0 aromatic heterocycles. The molecule has 0 fully saturated rings. The fourth-order valence-corrected chi connectivity index (χ4v) is 1.95. The van der Waals surface area contributed by atoms with Crippen LogP contribution in [0.5, 0.6) is 5.75 Å². The van der Waals surface area contributed by atoms with Crippen molar-refractivity contribution in [2.45, 2.75) is 26.4 Å². The van der Waals surface area contributed by atoms with Gasteiger partial charge in [-0.3, -0.25) is 9.59 Å². The Labute approximate surface area is 130 Å². The van der Waals surface area contributed by atoms with Gasteiger partial charge in [-0.15, -0.1) is 0 Å². The predicted molar refractivity (Wildman–Crippen MR) is 86.4 cm³/mol. The summed E-state index contributed by atoms with van der Waals surface area (Å²) in [4.78, 5) is 22.7. The Hall–Kier alpha value is -2.62. The number of anilines is 1. The Morgan fingerprint density at radius 3 is 2.32 bits per heavy atom. The van der Waals surface area contributed by atoms with Gasteiger partial charge in [-0.2, -0.15) is 0 Å². The first kappa shape index (κ1) is 15.8. The zero-order chi connectivity index (χ0) is 15.9. The molecule has 2 aromatic carbocycles. The van der Waals surface area contributed by atoms with Gasteiger partial charge >= 0.3 is 0 Å². The van der Waals surface area contributed by atoms with E-state index in [1.54, 1.807) is 31.2 Å². The van der Waals surface area contributed by atoms with Crippen LogP contribution in [0.15, 0.2) is 48.5 Å². The lowest BCUT2D eigenvalue weighted by atomic mass is 10.1. The van der Waals surface area contributed by atoms with Crippen molar-refractivity contribution in [1.29, 1.82) is 0 Å². The molecular formula is C18H19NO3. The largest absolute Gasteiger partial charge is 0.481 e. The second-order valence-electron chi connectivity index (χ2n) is 4.99. The summed E-state index contributed by atoms with van der Waals surface area (Å²) in [5.41, 5.74) is 2.53. The summed E-state index contributed by atoms with van der Waals surface area (Å²) in [5.74, 6) is 0.332. The molecule has 0 spiro atoms.